The number of methoxy groups -OCH3 is 3. The van der Waals surface area contributed by atoms with E-state index in [2.05, 4.69) is 15.6 Å². The molecule has 0 saturated carbocycles. The van der Waals surface area contributed by atoms with Crippen LogP contribution in [0, 0.1) is 0 Å². The molecule has 184 valence electrons. The summed E-state index contributed by atoms with van der Waals surface area (Å²) >= 11 is 0. The Morgan fingerprint density at radius 2 is 1.69 bits per heavy atom. The fourth-order valence-electron chi connectivity index (χ4n) is 4.57. The standard InChI is InChI=1S/C26H25N5O5/c1-34-20-11-7-4-8-16(20)14-30-23(17-12-13-21(35-2)24(36-3)22(17)26(30)33)25(32)27-15-31-19-10-6-5-9-18(19)28-29-31/h4-13,23H,14-15H2,1-3H3,(H,27,32). The van der Waals surface area contributed by atoms with Crippen molar-refractivity contribution in [1.82, 2.24) is 25.2 Å². The third-order valence-electron chi connectivity index (χ3n) is 6.26. The maximum Gasteiger partial charge on any atom is 0.259 e. The molecule has 0 fully saturated rings. The average Bonchev–Trinajstić information content (AvgIpc) is 3.45. The number of rotatable bonds is 8. The smallest absolute Gasteiger partial charge is 0.259 e. The molecule has 2 heterocycles. The van der Waals surface area contributed by atoms with E-state index < -0.39 is 6.04 Å². The SMILES string of the molecule is COc1ccccc1CN1C(=O)c2c(ccc(OC)c2OC)C1C(=O)NCn1nnc2ccccc21. The number of benzene rings is 3. The first-order valence-corrected chi connectivity index (χ1v) is 11.3. The van der Waals surface area contributed by atoms with E-state index >= 15 is 0 Å². The number of carbonyl (C=O) groups is 2. The minimum absolute atomic E-state index is 0.0924. The van der Waals surface area contributed by atoms with Gasteiger partial charge in [-0.15, -0.1) is 5.10 Å². The lowest BCUT2D eigenvalue weighted by atomic mass is 10.0. The number of amides is 2. The van der Waals surface area contributed by atoms with Gasteiger partial charge in [-0.3, -0.25) is 9.59 Å². The maximum absolute atomic E-state index is 13.7. The van der Waals surface area contributed by atoms with Crippen molar-refractivity contribution in [2.75, 3.05) is 21.3 Å². The first-order valence-electron chi connectivity index (χ1n) is 11.3. The summed E-state index contributed by atoms with van der Waals surface area (Å²) in [6, 6.07) is 17.4. The van der Waals surface area contributed by atoms with Crippen molar-refractivity contribution < 1.29 is 23.8 Å². The Kier molecular flexibility index (Phi) is 6.16. The normalized spacial score (nSPS) is 14.6. The summed E-state index contributed by atoms with van der Waals surface area (Å²) in [5.41, 5.74) is 3.12. The lowest BCUT2D eigenvalue weighted by Crippen LogP contribution is -2.39. The van der Waals surface area contributed by atoms with Crippen molar-refractivity contribution in [2.45, 2.75) is 19.3 Å². The van der Waals surface area contributed by atoms with Gasteiger partial charge in [0.15, 0.2) is 11.5 Å². The molecule has 1 aromatic heterocycles. The van der Waals surface area contributed by atoms with Crippen molar-refractivity contribution >= 4 is 22.8 Å². The molecule has 1 N–H and O–H groups in total. The molecule has 2 amide bonds. The van der Waals surface area contributed by atoms with Crippen molar-refractivity contribution in [3.63, 3.8) is 0 Å². The van der Waals surface area contributed by atoms with E-state index in [1.807, 2.05) is 48.5 Å². The molecule has 0 spiro atoms. The van der Waals surface area contributed by atoms with E-state index in [-0.39, 0.29) is 25.0 Å². The molecule has 10 heteroatoms. The highest BCUT2D eigenvalue weighted by atomic mass is 16.5. The van der Waals surface area contributed by atoms with Crippen LogP contribution in [0.25, 0.3) is 11.0 Å². The number of ether oxygens (including phenoxy) is 3. The molecule has 36 heavy (non-hydrogen) atoms. The van der Waals surface area contributed by atoms with E-state index in [0.29, 0.717) is 28.4 Å². The van der Waals surface area contributed by atoms with Gasteiger partial charge in [0, 0.05) is 11.1 Å². The molecule has 1 atom stereocenters. The van der Waals surface area contributed by atoms with E-state index in [4.69, 9.17) is 14.2 Å². The van der Waals surface area contributed by atoms with Crippen LogP contribution >= 0.6 is 0 Å². The number of aromatic nitrogens is 3. The van der Waals surface area contributed by atoms with Crippen LogP contribution in [-0.2, 0) is 18.0 Å². The lowest BCUT2D eigenvalue weighted by molar-refractivity contribution is -0.126. The number of para-hydroxylation sites is 2. The van der Waals surface area contributed by atoms with Gasteiger partial charge in [0.25, 0.3) is 5.91 Å². The molecule has 1 aliphatic rings. The van der Waals surface area contributed by atoms with Crippen molar-refractivity contribution in [1.29, 1.82) is 0 Å². The Hall–Kier alpha value is -4.60. The van der Waals surface area contributed by atoms with Gasteiger partial charge < -0.3 is 24.4 Å². The van der Waals surface area contributed by atoms with Crippen LogP contribution < -0.4 is 19.5 Å². The van der Waals surface area contributed by atoms with Gasteiger partial charge in [-0.1, -0.05) is 41.6 Å². The summed E-state index contributed by atoms with van der Waals surface area (Å²) in [5, 5.41) is 11.2. The van der Waals surface area contributed by atoms with Crippen LogP contribution in [0.3, 0.4) is 0 Å². The summed E-state index contributed by atoms with van der Waals surface area (Å²) in [6.07, 6.45) is 0. The highest BCUT2D eigenvalue weighted by Crippen LogP contribution is 2.44. The number of nitrogens with zero attached hydrogens (tertiary/aromatic N) is 4. The van der Waals surface area contributed by atoms with Crippen LogP contribution in [0.2, 0.25) is 0 Å². The van der Waals surface area contributed by atoms with Gasteiger partial charge in [0.1, 0.15) is 24.0 Å². The summed E-state index contributed by atoms with van der Waals surface area (Å²) in [7, 11) is 4.54. The first-order chi connectivity index (χ1) is 17.6. The molecule has 3 aromatic carbocycles. The Labute approximate surface area is 207 Å². The number of carbonyl (C=O) groups excluding carboxylic acids is 2. The van der Waals surface area contributed by atoms with Gasteiger partial charge in [0.2, 0.25) is 5.91 Å². The fraction of sp³-hybridized carbons (Fsp3) is 0.231. The highest BCUT2D eigenvalue weighted by Gasteiger charge is 2.44. The van der Waals surface area contributed by atoms with Crippen LogP contribution in [0.15, 0.2) is 60.7 Å². The molecular formula is C26H25N5O5. The lowest BCUT2D eigenvalue weighted by Gasteiger charge is -2.25. The molecule has 0 radical (unpaired) electrons. The van der Waals surface area contributed by atoms with Gasteiger partial charge in [-0.25, -0.2) is 4.68 Å². The molecular weight excluding hydrogens is 462 g/mol. The largest absolute Gasteiger partial charge is 0.496 e. The Bertz CT molecular complexity index is 1450. The molecule has 0 saturated heterocycles. The van der Waals surface area contributed by atoms with Crippen molar-refractivity contribution in [3.8, 4) is 17.2 Å². The third kappa shape index (κ3) is 3.86. The van der Waals surface area contributed by atoms with E-state index in [1.165, 1.54) is 19.1 Å². The number of nitrogens with one attached hydrogen (secondary N) is 1. The predicted molar refractivity (Wildman–Crippen MR) is 131 cm³/mol. The Morgan fingerprint density at radius 1 is 0.944 bits per heavy atom. The minimum atomic E-state index is -0.896. The molecule has 10 nitrogen and oxygen atoms in total. The minimum Gasteiger partial charge on any atom is -0.496 e. The topological polar surface area (TPSA) is 108 Å². The van der Waals surface area contributed by atoms with E-state index in [9.17, 15) is 9.59 Å². The molecule has 0 bridgehead atoms. The summed E-state index contributed by atoms with van der Waals surface area (Å²) < 4.78 is 18.0. The monoisotopic (exact) mass is 487 g/mol. The third-order valence-corrected chi connectivity index (χ3v) is 6.26. The molecule has 1 aliphatic heterocycles. The van der Waals surface area contributed by atoms with Crippen molar-refractivity contribution in [3.05, 3.63) is 77.4 Å². The van der Waals surface area contributed by atoms with Crippen LogP contribution in [0.5, 0.6) is 17.2 Å². The quantitative estimate of drug-likeness (QED) is 0.407. The average molecular weight is 488 g/mol. The van der Waals surface area contributed by atoms with Gasteiger partial charge in [-0.05, 0) is 24.3 Å². The second-order valence-corrected chi connectivity index (χ2v) is 8.19. The highest BCUT2D eigenvalue weighted by molar-refractivity contribution is 6.07. The fourth-order valence-corrected chi connectivity index (χ4v) is 4.57. The number of hydrogen-bond donors (Lipinski definition) is 1. The van der Waals surface area contributed by atoms with Crippen LogP contribution in [0.4, 0.5) is 0 Å². The second kappa shape index (κ2) is 9.57. The van der Waals surface area contributed by atoms with E-state index in [1.54, 1.807) is 23.9 Å². The molecule has 1 unspecified atom stereocenters. The van der Waals surface area contributed by atoms with Crippen LogP contribution in [-0.4, -0.2) is 53.0 Å². The Balaban J connectivity index is 1.51. The summed E-state index contributed by atoms with van der Waals surface area (Å²) in [5.74, 6) is 0.639. The van der Waals surface area contributed by atoms with E-state index in [0.717, 1.165) is 16.6 Å². The Morgan fingerprint density at radius 3 is 2.47 bits per heavy atom. The second-order valence-electron chi connectivity index (χ2n) is 8.19. The van der Waals surface area contributed by atoms with Gasteiger partial charge >= 0.3 is 0 Å². The molecule has 4 aromatic rings. The zero-order valence-corrected chi connectivity index (χ0v) is 20.1. The zero-order chi connectivity index (χ0) is 25.2. The molecule has 5 rings (SSSR count). The van der Waals surface area contributed by atoms with Gasteiger partial charge in [-0.2, -0.15) is 0 Å². The first kappa shape index (κ1) is 23.2. The summed E-state index contributed by atoms with van der Waals surface area (Å²) in [4.78, 5) is 28.9. The molecule has 0 aliphatic carbocycles. The van der Waals surface area contributed by atoms with Gasteiger partial charge in [0.05, 0.1) is 39.0 Å². The predicted octanol–water partition coefficient (Wildman–Crippen LogP) is 2.93. The summed E-state index contributed by atoms with van der Waals surface area (Å²) in [6.45, 7) is 0.252. The number of hydrogen-bond acceptors (Lipinski definition) is 7. The number of fused-ring (bicyclic) bond motifs is 2. The van der Waals surface area contributed by atoms with Crippen molar-refractivity contribution in [2.24, 2.45) is 0 Å². The van der Waals surface area contributed by atoms with Crippen LogP contribution in [0.1, 0.15) is 27.5 Å². The maximum atomic E-state index is 13.7. The zero-order valence-electron chi connectivity index (χ0n) is 20.1.